The summed E-state index contributed by atoms with van der Waals surface area (Å²) < 4.78 is 47.2. The van der Waals surface area contributed by atoms with Gasteiger partial charge in [0.1, 0.15) is 11.6 Å². The van der Waals surface area contributed by atoms with E-state index in [1.807, 2.05) is 36.6 Å². The van der Waals surface area contributed by atoms with Crippen LogP contribution in [-0.2, 0) is 10.0 Å². The van der Waals surface area contributed by atoms with Crippen molar-refractivity contribution in [2.45, 2.75) is 23.9 Å². The van der Waals surface area contributed by atoms with Crippen molar-refractivity contribution >= 4 is 27.0 Å². The zero-order chi connectivity index (χ0) is 23.4. The predicted octanol–water partition coefficient (Wildman–Crippen LogP) is 4.13. The van der Waals surface area contributed by atoms with Gasteiger partial charge < -0.3 is 9.64 Å². The number of rotatable bonds is 8. The highest BCUT2D eigenvalue weighted by molar-refractivity contribution is 7.89. The number of hydrogen-bond donors (Lipinski definition) is 1. The number of halogens is 1. The molecule has 3 aromatic rings. The highest BCUT2D eigenvalue weighted by Gasteiger charge is 2.32. The molecule has 0 spiro atoms. The lowest BCUT2D eigenvalue weighted by Crippen LogP contribution is -2.52. The first-order valence-electron chi connectivity index (χ1n) is 10.8. The fourth-order valence-corrected chi connectivity index (χ4v) is 6.46. The summed E-state index contributed by atoms with van der Waals surface area (Å²) in [5.74, 6) is 0.366. The summed E-state index contributed by atoms with van der Waals surface area (Å²) in [6, 6.07) is 16.5. The number of hydrogen-bond acceptors (Lipinski definition) is 6. The molecule has 0 saturated carbocycles. The standard InChI is InChI=1S/C24H28FN3O3S2/c1-18(26-33(29,30)22-11-5-19(25)6-12-22)24(23-4-3-17-32-23)28-15-13-27(14-16-28)20-7-9-21(31-2)10-8-20/h3-12,17-18,24,26H,13-16H2,1-2H3/t18-,24+/m0/s1. The molecular weight excluding hydrogens is 461 g/mol. The largest absolute Gasteiger partial charge is 0.497 e. The number of nitrogens with one attached hydrogen (secondary N) is 1. The molecule has 2 atom stereocenters. The number of thiophene rings is 1. The maximum atomic E-state index is 13.3. The van der Waals surface area contributed by atoms with Gasteiger partial charge in [0.15, 0.2) is 0 Å². The van der Waals surface area contributed by atoms with Gasteiger partial charge in [0, 0.05) is 42.8 Å². The summed E-state index contributed by atoms with van der Waals surface area (Å²) in [7, 11) is -2.12. The van der Waals surface area contributed by atoms with Crippen molar-refractivity contribution in [1.82, 2.24) is 9.62 Å². The van der Waals surface area contributed by atoms with Crippen LogP contribution in [0.15, 0.2) is 70.9 Å². The van der Waals surface area contributed by atoms with Crippen molar-refractivity contribution in [1.29, 1.82) is 0 Å². The number of anilines is 1. The Labute approximate surface area is 198 Å². The van der Waals surface area contributed by atoms with Gasteiger partial charge in [-0.1, -0.05) is 6.07 Å². The van der Waals surface area contributed by atoms with E-state index in [2.05, 4.69) is 26.7 Å². The first-order chi connectivity index (χ1) is 15.9. The molecule has 1 saturated heterocycles. The normalized spacial score (nSPS) is 17.0. The molecule has 0 unspecified atom stereocenters. The summed E-state index contributed by atoms with van der Waals surface area (Å²) in [6.07, 6.45) is 0. The van der Waals surface area contributed by atoms with E-state index in [1.165, 1.54) is 12.1 Å². The number of methoxy groups -OCH3 is 1. The quantitative estimate of drug-likeness (QED) is 0.516. The van der Waals surface area contributed by atoms with Crippen LogP contribution in [0.2, 0.25) is 0 Å². The van der Waals surface area contributed by atoms with Crippen molar-refractivity contribution in [3.63, 3.8) is 0 Å². The van der Waals surface area contributed by atoms with Gasteiger partial charge in [0.25, 0.3) is 0 Å². The Kier molecular flexibility index (Phi) is 7.33. The van der Waals surface area contributed by atoms with Crippen molar-refractivity contribution < 1.29 is 17.5 Å². The van der Waals surface area contributed by atoms with Crippen LogP contribution in [0.25, 0.3) is 0 Å². The van der Waals surface area contributed by atoms with Crippen molar-refractivity contribution in [3.8, 4) is 5.75 Å². The molecule has 33 heavy (non-hydrogen) atoms. The lowest BCUT2D eigenvalue weighted by Gasteiger charge is -2.42. The van der Waals surface area contributed by atoms with Gasteiger partial charge in [0.05, 0.1) is 18.0 Å². The molecule has 1 aliphatic rings. The molecule has 2 aromatic carbocycles. The molecule has 4 rings (SSSR count). The monoisotopic (exact) mass is 489 g/mol. The third-order valence-electron chi connectivity index (χ3n) is 5.92. The van der Waals surface area contributed by atoms with Gasteiger partial charge in [0.2, 0.25) is 10.0 Å². The molecule has 6 nitrogen and oxygen atoms in total. The fourth-order valence-electron chi connectivity index (χ4n) is 4.24. The van der Waals surface area contributed by atoms with Gasteiger partial charge in [-0.25, -0.2) is 17.5 Å². The Hall–Kier alpha value is -2.46. The van der Waals surface area contributed by atoms with Gasteiger partial charge in [-0.05, 0) is 66.9 Å². The molecule has 9 heteroatoms. The van der Waals surface area contributed by atoms with E-state index >= 15 is 0 Å². The van der Waals surface area contributed by atoms with Crippen LogP contribution in [0, 0.1) is 5.82 Å². The van der Waals surface area contributed by atoms with Gasteiger partial charge in [-0.15, -0.1) is 11.3 Å². The third kappa shape index (κ3) is 5.55. The summed E-state index contributed by atoms with van der Waals surface area (Å²) in [6.45, 7) is 5.17. The Bertz CT molecular complexity index is 1130. The molecule has 2 heterocycles. The van der Waals surface area contributed by atoms with Crippen LogP contribution in [0.1, 0.15) is 17.8 Å². The Morgan fingerprint density at radius 1 is 1.00 bits per heavy atom. The maximum Gasteiger partial charge on any atom is 0.240 e. The number of nitrogens with zero attached hydrogens (tertiary/aromatic N) is 2. The molecular formula is C24H28FN3O3S2. The predicted molar refractivity (Wildman–Crippen MR) is 130 cm³/mol. The minimum Gasteiger partial charge on any atom is -0.497 e. The smallest absolute Gasteiger partial charge is 0.240 e. The molecule has 0 amide bonds. The Morgan fingerprint density at radius 2 is 1.67 bits per heavy atom. The minimum atomic E-state index is -3.77. The average molecular weight is 490 g/mol. The zero-order valence-electron chi connectivity index (χ0n) is 18.6. The van der Waals surface area contributed by atoms with Crippen LogP contribution in [0.5, 0.6) is 5.75 Å². The van der Waals surface area contributed by atoms with Crippen LogP contribution < -0.4 is 14.4 Å². The van der Waals surface area contributed by atoms with E-state index in [9.17, 15) is 12.8 Å². The Morgan fingerprint density at radius 3 is 2.24 bits per heavy atom. The number of piperazine rings is 1. The Balaban J connectivity index is 1.48. The van der Waals surface area contributed by atoms with Crippen molar-refractivity contribution in [2.75, 3.05) is 38.2 Å². The summed E-state index contributed by atoms with van der Waals surface area (Å²) in [5, 5.41) is 2.01. The molecule has 1 aromatic heterocycles. The topological polar surface area (TPSA) is 61.9 Å². The van der Waals surface area contributed by atoms with Gasteiger partial charge in [-0.2, -0.15) is 0 Å². The van der Waals surface area contributed by atoms with Gasteiger partial charge in [-0.3, -0.25) is 4.90 Å². The molecule has 0 radical (unpaired) electrons. The van der Waals surface area contributed by atoms with E-state index in [1.54, 1.807) is 18.4 Å². The second kappa shape index (κ2) is 10.2. The summed E-state index contributed by atoms with van der Waals surface area (Å²) in [5.41, 5.74) is 1.15. The fraction of sp³-hybridized carbons (Fsp3) is 0.333. The molecule has 1 fully saturated rings. The minimum absolute atomic E-state index is 0.0602. The molecule has 176 valence electrons. The first kappa shape index (κ1) is 23.7. The SMILES string of the molecule is COc1ccc(N2CCN([C@@H](c3cccs3)[C@H](C)NS(=O)(=O)c3ccc(F)cc3)CC2)cc1. The van der Waals surface area contributed by atoms with Crippen LogP contribution in [-0.4, -0.2) is 52.6 Å². The van der Waals surface area contributed by atoms with E-state index in [4.69, 9.17) is 4.74 Å². The third-order valence-corrected chi connectivity index (χ3v) is 8.44. The lowest BCUT2D eigenvalue weighted by atomic mass is 10.1. The second-order valence-electron chi connectivity index (χ2n) is 8.05. The van der Waals surface area contributed by atoms with E-state index in [0.29, 0.717) is 0 Å². The van der Waals surface area contributed by atoms with Crippen LogP contribution in [0.4, 0.5) is 10.1 Å². The average Bonchev–Trinajstić information content (AvgIpc) is 3.34. The van der Waals surface area contributed by atoms with Crippen LogP contribution in [0.3, 0.4) is 0 Å². The maximum absolute atomic E-state index is 13.3. The van der Waals surface area contributed by atoms with E-state index in [0.717, 1.165) is 54.6 Å². The number of benzene rings is 2. The summed E-state index contributed by atoms with van der Waals surface area (Å²) >= 11 is 1.62. The van der Waals surface area contributed by atoms with E-state index in [-0.39, 0.29) is 17.0 Å². The number of ether oxygens (including phenoxy) is 1. The molecule has 1 N–H and O–H groups in total. The molecule has 1 aliphatic heterocycles. The second-order valence-corrected chi connectivity index (χ2v) is 10.7. The highest BCUT2D eigenvalue weighted by Crippen LogP contribution is 2.31. The van der Waals surface area contributed by atoms with Gasteiger partial charge >= 0.3 is 0 Å². The van der Waals surface area contributed by atoms with Crippen LogP contribution >= 0.6 is 11.3 Å². The zero-order valence-corrected chi connectivity index (χ0v) is 20.3. The van der Waals surface area contributed by atoms with Crippen molar-refractivity contribution in [3.05, 3.63) is 76.7 Å². The summed E-state index contributed by atoms with van der Waals surface area (Å²) in [4.78, 5) is 5.84. The van der Waals surface area contributed by atoms with Crippen molar-refractivity contribution in [2.24, 2.45) is 0 Å². The highest BCUT2D eigenvalue weighted by atomic mass is 32.2. The number of sulfonamides is 1. The first-order valence-corrected chi connectivity index (χ1v) is 13.2. The lowest BCUT2D eigenvalue weighted by molar-refractivity contribution is 0.164. The van der Waals surface area contributed by atoms with E-state index < -0.39 is 15.8 Å². The molecule has 0 bridgehead atoms. The molecule has 0 aliphatic carbocycles.